The Hall–Kier alpha value is -2.61. The number of hydrogen-bond donors (Lipinski definition) is 3. The van der Waals surface area contributed by atoms with Crippen molar-refractivity contribution in [3.63, 3.8) is 0 Å². The summed E-state index contributed by atoms with van der Waals surface area (Å²) in [6.45, 7) is 1.85. The predicted octanol–water partition coefficient (Wildman–Crippen LogP) is 3.45. The van der Waals surface area contributed by atoms with Crippen LogP contribution in [0.2, 0.25) is 0 Å². The summed E-state index contributed by atoms with van der Waals surface area (Å²) in [7, 11) is 3.17. The highest BCUT2D eigenvalue weighted by Crippen LogP contribution is 2.31. The molecule has 0 radical (unpaired) electrons. The van der Waals surface area contributed by atoms with Crippen molar-refractivity contribution in [2.75, 3.05) is 19.5 Å². The van der Waals surface area contributed by atoms with Crippen LogP contribution in [0.15, 0.2) is 35.5 Å². The molecule has 0 aromatic heterocycles. The van der Waals surface area contributed by atoms with E-state index in [1.807, 2.05) is 38.2 Å². The van der Waals surface area contributed by atoms with Crippen molar-refractivity contribution >= 4 is 35.0 Å². The third-order valence-corrected chi connectivity index (χ3v) is 5.99. The van der Waals surface area contributed by atoms with Crippen molar-refractivity contribution in [2.24, 2.45) is 0 Å². The second-order valence-corrected chi connectivity index (χ2v) is 7.87. The van der Waals surface area contributed by atoms with Gasteiger partial charge in [0.1, 0.15) is 0 Å². The molecule has 0 bridgehead atoms. The lowest BCUT2D eigenvalue weighted by atomic mass is 9.95. The van der Waals surface area contributed by atoms with Gasteiger partial charge in [-0.15, -0.1) is 0 Å². The number of urea groups is 1. The van der Waals surface area contributed by atoms with E-state index in [0.29, 0.717) is 16.4 Å². The van der Waals surface area contributed by atoms with Crippen LogP contribution in [-0.4, -0.2) is 42.2 Å². The minimum atomic E-state index is -0.406. The fourth-order valence-electron chi connectivity index (χ4n) is 3.82. The van der Waals surface area contributed by atoms with E-state index in [2.05, 4.69) is 16.0 Å². The first-order valence-corrected chi connectivity index (χ1v) is 10.3. The van der Waals surface area contributed by atoms with Crippen LogP contribution in [0.1, 0.15) is 50.6 Å². The lowest BCUT2D eigenvalue weighted by Crippen LogP contribution is -2.46. The first kappa shape index (κ1) is 21.1. The number of benzene rings is 1. The highest BCUT2D eigenvalue weighted by molar-refractivity contribution is 7.80. The van der Waals surface area contributed by atoms with E-state index in [0.717, 1.165) is 24.1 Å². The number of nitrogens with zero attached hydrogens (tertiary/aromatic N) is 1. The van der Waals surface area contributed by atoms with Crippen LogP contribution in [-0.2, 0) is 9.53 Å². The minimum Gasteiger partial charge on any atom is -0.466 e. The maximum absolute atomic E-state index is 12.4. The highest BCUT2D eigenvalue weighted by atomic mass is 32.1. The Labute approximate surface area is 176 Å². The third-order valence-electron chi connectivity index (χ3n) is 5.60. The summed E-state index contributed by atoms with van der Waals surface area (Å²) < 4.78 is 4.97. The zero-order valence-corrected chi connectivity index (χ0v) is 17.9. The molecule has 1 aromatic rings. The lowest BCUT2D eigenvalue weighted by molar-refractivity contribution is -0.136. The molecule has 3 rings (SSSR count). The lowest BCUT2D eigenvalue weighted by Gasteiger charge is -2.35. The summed E-state index contributed by atoms with van der Waals surface area (Å²) in [5, 5.41) is 9.65. The maximum atomic E-state index is 12.4. The molecule has 0 spiro atoms. The zero-order chi connectivity index (χ0) is 21.0. The summed E-state index contributed by atoms with van der Waals surface area (Å²) in [5.74, 6) is -0.400. The smallest absolute Gasteiger partial charge is 0.337 e. The Morgan fingerprint density at radius 1 is 1.17 bits per heavy atom. The van der Waals surface area contributed by atoms with Crippen LogP contribution in [0.5, 0.6) is 0 Å². The molecule has 1 saturated carbocycles. The third kappa shape index (κ3) is 4.87. The number of esters is 1. The number of rotatable bonds is 4. The van der Waals surface area contributed by atoms with E-state index in [4.69, 9.17) is 17.0 Å². The van der Waals surface area contributed by atoms with Crippen LogP contribution in [0.25, 0.3) is 0 Å². The van der Waals surface area contributed by atoms with E-state index < -0.39 is 12.0 Å². The van der Waals surface area contributed by atoms with Gasteiger partial charge in [0.25, 0.3) is 0 Å². The van der Waals surface area contributed by atoms with Crippen molar-refractivity contribution in [2.45, 2.75) is 51.1 Å². The first-order chi connectivity index (χ1) is 13.9. The van der Waals surface area contributed by atoms with Crippen molar-refractivity contribution in [3.8, 4) is 0 Å². The number of anilines is 1. The topological polar surface area (TPSA) is 82.7 Å². The predicted molar refractivity (Wildman–Crippen MR) is 116 cm³/mol. The van der Waals surface area contributed by atoms with Gasteiger partial charge in [-0.25, -0.2) is 9.59 Å². The number of allylic oxidation sites excluding steroid dienone is 1. The molecule has 7 nitrogen and oxygen atoms in total. The van der Waals surface area contributed by atoms with Crippen LogP contribution in [0.3, 0.4) is 0 Å². The van der Waals surface area contributed by atoms with Gasteiger partial charge < -0.3 is 25.6 Å². The average Bonchev–Trinajstić information content (AvgIpc) is 2.72. The molecular formula is C21H28N4O3S. The highest BCUT2D eigenvalue weighted by Gasteiger charge is 2.33. The Morgan fingerprint density at radius 2 is 1.83 bits per heavy atom. The molecule has 2 aliphatic rings. The van der Waals surface area contributed by atoms with Gasteiger partial charge in [0.15, 0.2) is 5.11 Å². The number of hydrogen-bond acceptors (Lipinski definition) is 4. The van der Waals surface area contributed by atoms with Gasteiger partial charge in [0.2, 0.25) is 0 Å². The molecule has 1 aromatic carbocycles. The number of amides is 2. The quantitative estimate of drug-likeness (QED) is 0.515. The molecule has 1 aliphatic heterocycles. The van der Waals surface area contributed by atoms with Crippen molar-refractivity contribution in [1.29, 1.82) is 0 Å². The van der Waals surface area contributed by atoms with Crippen LogP contribution in [0.4, 0.5) is 10.5 Å². The second kappa shape index (κ2) is 9.26. The number of ether oxygens (including phenoxy) is 1. The van der Waals surface area contributed by atoms with Crippen LogP contribution >= 0.6 is 12.2 Å². The Bertz CT molecular complexity index is 816. The van der Waals surface area contributed by atoms with Gasteiger partial charge in [-0.3, -0.25) is 0 Å². The van der Waals surface area contributed by atoms with Crippen LogP contribution in [0, 0.1) is 0 Å². The zero-order valence-electron chi connectivity index (χ0n) is 17.1. The Morgan fingerprint density at radius 3 is 2.45 bits per heavy atom. The fraction of sp³-hybridized carbons (Fsp3) is 0.476. The molecule has 2 amide bonds. The number of carbonyl (C=O) groups excluding carboxylic acids is 2. The molecule has 0 saturated heterocycles. The number of carbonyl (C=O) groups is 2. The Kier molecular flexibility index (Phi) is 6.74. The summed E-state index contributed by atoms with van der Waals surface area (Å²) in [5.41, 5.74) is 2.82. The largest absolute Gasteiger partial charge is 0.466 e. The SMILES string of the molecule is COC(=O)C1=C(C)N(C)C(=S)NC1c1ccc(NC(=O)NC2CCCCC2)cc1. The van der Waals surface area contributed by atoms with Gasteiger partial charge in [-0.2, -0.15) is 0 Å². The number of methoxy groups -OCH3 is 1. The first-order valence-electron chi connectivity index (χ1n) is 9.91. The number of nitrogens with one attached hydrogen (secondary N) is 3. The fourth-order valence-corrected chi connectivity index (χ4v) is 4.07. The molecular weight excluding hydrogens is 388 g/mol. The molecule has 29 heavy (non-hydrogen) atoms. The van der Waals surface area contributed by atoms with Crippen molar-refractivity contribution < 1.29 is 14.3 Å². The molecule has 3 N–H and O–H groups in total. The van der Waals surface area contributed by atoms with Crippen molar-refractivity contribution in [3.05, 3.63) is 41.1 Å². The van der Waals surface area contributed by atoms with E-state index in [9.17, 15) is 9.59 Å². The van der Waals surface area contributed by atoms with E-state index in [1.165, 1.54) is 26.4 Å². The normalized spacial score (nSPS) is 20.2. The number of thiocarbonyl (C=S) groups is 1. The summed E-state index contributed by atoms with van der Waals surface area (Å²) in [4.78, 5) is 26.4. The standard InChI is InChI=1S/C21H28N4O3S/c1-13-17(19(26)28-3)18(24-21(29)25(13)2)14-9-11-16(12-10-14)23-20(27)22-15-7-5-4-6-8-15/h9-12,15,18H,4-8H2,1-3H3,(H,24,29)(H2,22,23,27). The molecule has 1 fully saturated rings. The second-order valence-electron chi connectivity index (χ2n) is 7.49. The molecule has 8 heteroatoms. The van der Waals surface area contributed by atoms with Crippen LogP contribution < -0.4 is 16.0 Å². The summed E-state index contributed by atoms with van der Waals surface area (Å²) in [6.07, 6.45) is 5.66. The molecule has 1 heterocycles. The monoisotopic (exact) mass is 416 g/mol. The van der Waals surface area contributed by atoms with Gasteiger partial charge in [0.05, 0.1) is 18.7 Å². The van der Waals surface area contributed by atoms with E-state index in [-0.39, 0.29) is 12.1 Å². The maximum Gasteiger partial charge on any atom is 0.337 e. The summed E-state index contributed by atoms with van der Waals surface area (Å²) in [6, 6.07) is 7.05. The van der Waals surface area contributed by atoms with Gasteiger partial charge in [-0.1, -0.05) is 31.4 Å². The molecule has 1 aliphatic carbocycles. The van der Waals surface area contributed by atoms with Gasteiger partial charge >= 0.3 is 12.0 Å². The van der Waals surface area contributed by atoms with Gasteiger partial charge in [-0.05, 0) is 49.7 Å². The van der Waals surface area contributed by atoms with E-state index >= 15 is 0 Å². The van der Waals surface area contributed by atoms with Crippen molar-refractivity contribution in [1.82, 2.24) is 15.5 Å². The van der Waals surface area contributed by atoms with E-state index in [1.54, 1.807) is 4.90 Å². The van der Waals surface area contributed by atoms with Gasteiger partial charge in [0, 0.05) is 24.5 Å². The summed E-state index contributed by atoms with van der Waals surface area (Å²) >= 11 is 5.38. The molecule has 1 unspecified atom stereocenters. The average molecular weight is 417 g/mol. The molecule has 156 valence electrons. The Balaban J connectivity index is 1.72. The minimum absolute atomic E-state index is 0.186. The molecule has 1 atom stereocenters.